The summed E-state index contributed by atoms with van der Waals surface area (Å²) >= 11 is 0. The van der Waals surface area contributed by atoms with Gasteiger partial charge in [0.05, 0.1) is 10.9 Å². The highest BCUT2D eigenvalue weighted by Crippen LogP contribution is 2.28. The average molecular weight is 358 g/mol. The minimum absolute atomic E-state index is 0.0553. The van der Waals surface area contributed by atoms with Crippen molar-refractivity contribution >= 4 is 11.0 Å². The molecule has 0 saturated carbocycles. The summed E-state index contributed by atoms with van der Waals surface area (Å²) in [5.41, 5.74) is 2.68. The second-order valence-corrected chi connectivity index (χ2v) is 6.38. The first kappa shape index (κ1) is 17.0. The number of aryl methyl sites for hydroxylation is 3. The van der Waals surface area contributed by atoms with Crippen LogP contribution >= 0.6 is 0 Å². The third-order valence-corrected chi connectivity index (χ3v) is 4.27. The van der Waals surface area contributed by atoms with Crippen molar-refractivity contribution in [1.29, 1.82) is 0 Å². The van der Waals surface area contributed by atoms with E-state index in [1.807, 2.05) is 44.2 Å². The molecule has 0 radical (unpaired) electrons. The number of rotatable bonds is 3. The Morgan fingerprint density at radius 3 is 2.44 bits per heavy atom. The van der Waals surface area contributed by atoms with E-state index in [9.17, 15) is 4.79 Å². The number of benzene rings is 2. The molecule has 0 N–H and O–H groups in total. The smallest absolute Gasteiger partial charge is 0.222 e. The summed E-state index contributed by atoms with van der Waals surface area (Å²) in [5, 5.41) is 0.516. The molecule has 4 aromatic rings. The van der Waals surface area contributed by atoms with Gasteiger partial charge in [-0.1, -0.05) is 30.3 Å². The SMILES string of the molecule is Cc1cc(Oc2ccc3c(=O)c(-c4ccccc4)c(C)oc3c2)nc(C)n1. The van der Waals surface area contributed by atoms with E-state index in [1.165, 1.54) is 0 Å². The molecule has 0 aliphatic carbocycles. The number of fused-ring (bicyclic) bond motifs is 1. The van der Waals surface area contributed by atoms with Gasteiger partial charge in [0.1, 0.15) is 22.9 Å². The van der Waals surface area contributed by atoms with Gasteiger partial charge in [-0.25, -0.2) is 4.98 Å². The van der Waals surface area contributed by atoms with Gasteiger partial charge in [0.25, 0.3) is 0 Å². The molecule has 4 rings (SSSR count). The van der Waals surface area contributed by atoms with Crippen molar-refractivity contribution in [2.75, 3.05) is 0 Å². The van der Waals surface area contributed by atoms with Crippen molar-refractivity contribution in [3.05, 3.63) is 82.1 Å². The summed E-state index contributed by atoms with van der Waals surface area (Å²) in [5.74, 6) is 2.22. The van der Waals surface area contributed by atoms with Gasteiger partial charge < -0.3 is 9.15 Å². The summed E-state index contributed by atoms with van der Waals surface area (Å²) in [7, 11) is 0. The van der Waals surface area contributed by atoms with Crippen LogP contribution in [0.4, 0.5) is 0 Å². The van der Waals surface area contributed by atoms with Crippen LogP contribution in [0.15, 0.2) is 63.8 Å². The number of aromatic nitrogens is 2. The van der Waals surface area contributed by atoms with Gasteiger partial charge in [-0.3, -0.25) is 4.79 Å². The minimum atomic E-state index is -0.0553. The second-order valence-electron chi connectivity index (χ2n) is 6.38. The standard InChI is InChI=1S/C22H18N2O3/c1-13-11-20(24-15(3)23-13)27-17-9-10-18-19(12-17)26-14(2)21(22(18)25)16-7-5-4-6-8-16/h4-12H,1-3H3. The highest BCUT2D eigenvalue weighted by atomic mass is 16.5. The number of nitrogens with zero attached hydrogens (tertiary/aromatic N) is 2. The first-order valence-electron chi connectivity index (χ1n) is 8.64. The van der Waals surface area contributed by atoms with Crippen molar-refractivity contribution in [3.8, 4) is 22.8 Å². The van der Waals surface area contributed by atoms with Crippen LogP contribution < -0.4 is 10.2 Å². The van der Waals surface area contributed by atoms with Crippen LogP contribution in [0.2, 0.25) is 0 Å². The van der Waals surface area contributed by atoms with Crippen molar-refractivity contribution in [2.24, 2.45) is 0 Å². The molecule has 0 bridgehead atoms. The van der Waals surface area contributed by atoms with Crippen LogP contribution in [-0.4, -0.2) is 9.97 Å². The minimum Gasteiger partial charge on any atom is -0.460 e. The molecule has 27 heavy (non-hydrogen) atoms. The summed E-state index contributed by atoms with van der Waals surface area (Å²) in [6.45, 7) is 5.50. The molecular weight excluding hydrogens is 340 g/mol. The van der Waals surface area contributed by atoms with Crippen LogP contribution in [0.3, 0.4) is 0 Å². The monoisotopic (exact) mass is 358 g/mol. The number of hydrogen-bond donors (Lipinski definition) is 0. The molecule has 0 fully saturated rings. The van der Waals surface area contributed by atoms with Gasteiger partial charge in [0.15, 0.2) is 0 Å². The molecule has 2 aromatic heterocycles. The van der Waals surface area contributed by atoms with E-state index in [-0.39, 0.29) is 5.43 Å². The molecular formula is C22H18N2O3. The number of hydrogen-bond acceptors (Lipinski definition) is 5. The molecule has 5 nitrogen and oxygen atoms in total. The molecule has 5 heteroatoms. The zero-order valence-corrected chi connectivity index (χ0v) is 15.3. The predicted molar refractivity (Wildman–Crippen MR) is 104 cm³/mol. The largest absolute Gasteiger partial charge is 0.460 e. The lowest BCUT2D eigenvalue weighted by molar-refractivity contribution is 0.457. The van der Waals surface area contributed by atoms with Gasteiger partial charge in [-0.15, -0.1) is 0 Å². The first-order valence-corrected chi connectivity index (χ1v) is 8.64. The van der Waals surface area contributed by atoms with E-state index in [4.69, 9.17) is 9.15 Å². The molecule has 0 atom stereocenters. The maximum Gasteiger partial charge on any atom is 0.222 e. The Morgan fingerprint density at radius 2 is 1.70 bits per heavy atom. The lowest BCUT2D eigenvalue weighted by Crippen LogP contribution is -2.07. The van der Waals surface area contributed by atoms with E-state index >= 15 is 0 Å². The molecule has 2 aromatic carbocycles. The van der Waals surface area contributed by atoms with E-state index in [0.29, 0.717) is 39.7 Å². The summed E-state index contributed by atoms with van der Waals surface area (Å²) in [6.07, 6.45) is 0. The Bertz CT molecular complexity index is 1180. The topological polar surface area (TPSA) is 65.2 Å². The predicted octanol–water partition coefficient (Wildman–Crippen LogP) is 4.97. The van der Waals surface area contributed by atoms with Crippen molar-refractivity contribution in [3.63, 3.8) is 0 Å². The summed E-state index contributed by atoms with van der Waals surface area (Å²) < 4.78 is 11.8. The van der Waals surface area contributed by atoms with Crippen molar-refractivity contribution < 1.29 is 9.15 Å². The normalized spacial score (nSPS) is 10.9. The molecule has 2 heterocycles. The fraction of sp³-hybridized carbons (Fsp3) is 0.136. The molecule has 134 valence electrons. The molecule has 0 aliphatic rings. The Kier molecular flexibility index (Phi) is 4.20. The van der Waals surface area contributed by atoms with Crippen LogP contribution in [0.5, 0.6) is 11.6 Å². The van der Waals surface area contributed by atoms with Gasteiger partial charge >= 0.3 is 0 Å². The zero-order chi connectivity index (χ0) is 19.0. The highest BCUT2D eigenvalue weighted by Gasteiger charge is 2.14. The van der Waals surface area contributed by atoms with E-state index in [0.717, 1.165) is 11.3 Å². The molecule has 0 saturated heterocycles. The fourth-order valence-electron chi connectivity index (χ4n) is 3.14. The molecule has 0 spiro atoms. The van der Waals surface area contributed by atoms with Crippen molar-refractivity contribution in [2.45, 2.75) is 20.8 Å². The highest BCUT2D eigenvalue weighted by molar-refractivity contribution is 5.83. The third-order valence-electron chi connectivity index (χ3n) is 4.27. The fourth-order valence-corrected chi connectivity index (χ4v) is 3.14. The van der Waals surface area contributed by atoms with E-state index in [1.54, 1.807) is 31.2 Å². The Balaban J connectivity index is 1.79. The zero-order valence-electron chi connectivity index (χ0n) is 15.3. The molecule has 0 amide bonds. The van der Waals surface area contributed by atoms with Crippen molar-refractivity contribution in [1.82, 2.24) is 9.97 Å². The second kappa shape index (κ2) is 6.68. The van der Waals surface area contributed by atoms with Crippen LogP contribution in [0.1, 0.15) is 17.3 Å². The van der Waals surface area contributed by atoms with E-state index < -0.39 is 0 Å². The van der Waals surface area contributed by atoms with Gasteiger partial charge in [0.2, 0.25) is 11.3 Å². The Morgan fingerprint density at radius 1 is 0.926 bits per heavy atom. The van der Waals surface area contributed by atoms with E-state index in [2.05, 4.69) is 9.97 Å². The summed E-state index contributed by atoms with van der Waals surface area (Å²) in [6, 6.07) is 16.5. The Hall–Kier alpha value is -3.47. The maximum atomic E-state index is 13.0. The Labute approximate surface area is 156 Å². The first-order chi connectivity index (χ1) is 13.0. The molecule has 0 unspecified atom stereocenters. The lowest BCUT2D eigenvalue weighted by atomic mass is 10.0. The number of ether oxygens (including phenoxy) is 1. The average Bonchev–Trinajstić information content (AvgIpc) is 2.61. The third kappa shape index (κ3) is 3.31. The van der Waals surface area contributed by atoms with Gasteiger partial charge in [-0.2, -0.15) is 4.98 Å². The summed E-state index contributed by atoms with van der Waals surface area (Å²) in [4.78, 5) is 21.5. The van der Waals surface area contributed by atoms with Gasteiger partial charge in [-0.05, 0) is 38.5 Å². The maximum absolute atomic E-state index is 13.0. The lowest BCUT2D eigenvalue weighted by Gasteiger charge is -2.09. The quantitative estimate of drug-likeness (QED) is 0.517. The van der Waals surface area contributed by atoms with Crippen LogP contribution in [0, 0.1) is 20.8 Å². The van der Waals surface area contributed by atoms with Crippen LogP contribution in [0.25, 0.3) is 22.1 Å². The molecule has 0 aliphatic heterocycles. The van der Waals surface area contributed by atoms with Gasteiger partial charge in [0, 0.05) is 17.8 Å². The van der Waals surface area contributed by atoms with Crippen LogP contribution in [-0.2, 0) is 0 Å².